The van der Waals surface area contributed by atoms with Crippen LogP contribution >= 0.6 is 0 Å². The number of nitrogens with zero attached hydrogens (tertiary/aromatic N) is 2. The Morgan fingerprint density at radius 2 is 1.84 bits per heavy atom. The number of hydrogen-bond acceptors (Lipinski definition) is 3. The normalized spacial score (nSPS) is 10.8. The Morgan fingerprint density at radius 3 is 2.42 bits per heavy atom. The van der Waals surface area contributed by atoms with Crippen molar-refractivity contribution in [2.24, 2.45) is 0 Å². The van der Waals surface area contributed by atoms with Crippen LogP contribution in [0.15, 0.2) is 42.5 Å². The fourth-order valence-corrected chi connectivity index (χ4v) is 1.94. The summed E-state index contributed by atoms with van der Waals surface area (Å²) < 4.78 is 0. The molecular weight excluding hydrogens is 236 g/mol. The van der Waals surface area contributed by atoms with Gasteiger partial charge in [0.2, 0.25) is 0 Å². The zero-order chi connectivity index (χ0) is 13.8. The lowest BCUT2D eigenvalue weighted by Gasteiger charge is -2.20. The Balaban J connectivity index is 2.41. The van der Waals surface area contributed by atoms with Crippen molar-refractivity contribution in [2.45, 2.75) is 26.4 Å². The quantitative estimate of drug-likeness (QED) is 0.910. The summed E-state index contributed by atoms with van der Waals surface area (Å²) in [5, 5.41) is 9.37. The predicted octanol–water partition coefficient (Wildman–Crippen LogP) is 3.47. The van der Waals surface area contributed by atoms with E-state index in [-0.39, 0.29) is 6.61 Å². The highest BCUT2D eigenvalue weighted by atomic mass is 16.3. The van der Waals surface area contributed by atoms with Gasteiger partial charge in [0.05, 0.1) is 6.61 Å². The zero-order valence-corrected chi connectivity index (χ0v) is 11.7. The van der Waals surface area contributed by atoms with Gasteiger partial charge in [0.25, 0.3) is 0 Å². The molecule has 0 unspecified atom stereocenters. The molecule has 0 fully saturated rings. The van der Waals surface area contributed by atoms with E-state index in [0.29, 0.717) is 5.92 Å². The summed E-state index contributed by atoms with van der Waals surface area (Å²) in [5.74, 6) is 1.20. The molecule has 0 radical (unpaired) electrons. The van der Waals surface area contributed by atoms with Gasteiger partial charge in [-0.1, -0.05) is 32.0 Å². The third-order valence-corrected chi connectivity index (χ3v) is 3.15. The standard InChI is InChI=1S/C16H20N2O/c1-12(2)15-9-13(11-19)10-16(17-15)18(3)14-7-5-4-6-8-14/h4-10,12,19H,11H2,1-3H3. The Kier molecular flexibility index (Phi) is 4.17. The lowest BCUT2D eigenvalue weighted by atomic mass is 10.1. The number of rotatable bonds is 4. The second-order valence-corrected chi connectivity index (χ2v) is 4.97. The molecule has 1 N–H and O–H groups in total. The van der Waals surface area contributed by atoms with Gasteiger partial charge >= 0.3 is 0 Å². The number of aliphatic hydroxyl groups excluding tert-OH is 1. The van der Waals surface area contributed by atoms with Crippen LogP contribution in [-0.4, -0.2) is 17.1 Å². The van der Waals surface area contributed by atoms with Gasteiger partial charge in [0, 0.05) is 18.4 Å². The highest BCUT2D eigenvalue weighted by molar-refractivity contribution is 5.59. The molecule has 1 heterocycles. The van der Waals surface area contributed by atoms with Crippen molar-refractivity contribution in [2.75, 3.05) is 11.9 Å². The van der Waals surface area contributed by atoms with Crippen molar-refractivity contribution in [1.82, 2.24) is 4.98 Å². The molecule has 19 heavy (non-hydrogen) atoms. The van der Waals surface area contributed by atoms with Gasteiger partial charge in [-0.15, -0.1) is 0 Å². The Bertz CT molecular complexity index is 538. The molecule has 0 spiro atoms. The Morgan fingerprint density at radius 1 is 1.16 bits per heavy atom. The lowest BCUT2D eigenvalue weighted by Crippen LogP contribution is -2.13. The van der Waals surface area contributed by atoms with Crippen LogP contribution in [0.25, 0.3) is 0 Å². The third kappa shape index (κ3) is 3.12. The van der Waals surface area contributed by atoms with Crippen molar-refractivity contribution in [3.63, 3.8) is 0 Å². The number of aliphatic hydroxyl groups is 1. The Labute approximate surface area is 114 Å². The highest BCUT2D eigenvalue weighted by Crippen LogP contribution is 2.25. The van der Waals surface area contributed by atoms with E-state index in [1.807, 2.05) is 54.4 Å². The van der Waals surface area contributed by atoms with Crippen molar-refractivity contribution in [1.29, 1.82) is 0 Å². The predicted molar refractivity (Wildman–Crippen MR) is 78.8 cm³/mol. The smallest absolute Gasteiger partial charge is 0.133 e. The first kappa shape index (κ1) is 13.6. The van der Waals surface area contributed by atoms with Gasteiger partial charge in [-0.05, 0) is 35.7 Å². The fourth-order valence-electron chi connectivity index (χ4n) is 1.94. The van der Waals surface area contributed by atoms with Crippen LogP contribution < -0.4 is 4.90 Å². The highest BCUT2D eigenvalue weighted by Gasteiger charge is 2.10. The van der Waals surface area contributed by atoms with E-state index in [1.165, 1.54) is 0 Å². The molecule has 3 heteroatoms. The molecule has 0 atom stereocenters. The summed E-state index contributed by atoms with van der Waals surface area (Å²) in [7, 11) is 1.99. The largest absolute Gasteiger partial charge is 0.392 e. The minimum absolute atomic E-state index is 0.0396. The first-order valence-corrected chi connectivity index (χ1v) is 6.52. The molecule has 1 aromatic heterocycles. The second kappa shape index (κ2) is 5.85. The van der Waals surface area contributed by atoms with E-state index in [9.17, 15) is 5.11 Å². The molecule has 0 saturated heterocycles. The molecular formula is C16H20N2O. The molecule has 1 aromatic carbocycles. The fraction of sp³-hybridized carbons (Fsp3) is 0.312. The minimum Gasteiger partial charge on any atom is -0.392 e. The monoisotopic (exact) mass is 256 g/mol. The van der Waals surface area contributed by atoms with Gasteiger partial charge in [-0.25, -0.2) is 4.98 Å². The maximum Gasteiger partial charge on any atom is 0.133 e. The first-order valence-electron chi connectivity index (χ1n) is 6.52. The van der Waals surface area contributed by atoms with Gasteiger partial charge in [0.15, 0.2) is 0 Å². The number of benzene rings is 1. The summed E-state index contributed by atoms with van der Waals surface area (Å²) in [5.41, 5.74) is 2.99. The van der Waals surface area contributed by atoms with E-state index >= 15 is 0 Å². The van der Waals surface area contributed by atoms with Crippen LogP contribution in [-0.2, 0) is 6.61 Å². The molecule has 100 valence electrons. The third-order valence-electron chi connectivity index (χ3n) is 3.15. The van der Waals surface area contributed by atoms with Crippen molar-refractivity contribution < 1.29 is 5.11 Å². The van der Waals surface area contributed by atoms with Crippen LogP contribution in [0.4, 0.5) is 11.5 Å². The van der Waals surface area contributed by atoms with Crippen LogP contribution in [0, 0.1) is 0 Å². The summed E-state index contributed by atoms with van der Waals surface area (Å²) in [6.07, 6.45) is 0. The summed E-state index contributed by atoms with van der Waals surface area (Å²) in [6, 6.07) is 14.0. The topological polar surface area (TPSA) is 36.4 Å². The number of pyridine rings is 1. The van der Waals surface area contributed by atoms with Crippen LogP contribution in [0.1, 0.15) is 31.0 Å². The van der Waals surface area contributed by atoms with E-state index in [0.717, 1.165) is 22.8 Å². The van der Waals surface area contributed by atoms with Crippen molar-refractivity contribution in [3.05, 3.63) is 53.7 Å². The number of para-hydroxylation sites is 1. The number of hydrogen-bond donors (Lipinski definition) is 1. The van der Waals surface area contributed by atoms with Crippen LogP contribution in [0.5, 0.6) is 0 Å². The molecule has 0 amide bonds. The SMILES string of the molecule is CC(C)c1cc(CO)cc(N(C)c2ccccc2)n1. The van der Waals surface area contributed by atoms with Crippen molar-refractivity contribution >= 4 is 11.5 Å². The summed E-state index contributed by atoms with van der Waals surface area (Å²) in [6.45, 7) is 4.25. The zero-order valence-electron chi connectivity index (χ0n) is 11.7. The molecule has 0 aliphatic heterocycles. The molecule has 2 aromatic rings. The maximum atomic E-state index is 9.37. The molecule has 0 bridgehead atoms. The van der Waals surface area contributed by atoms with E-state index in [4.69, 9.17) is 0 Å². The number of anilines is 2. The number of aromatic nitrogens is 1. The molecule has 0 saturated carbocycles. The average Bonchev–Trinajstić information content (AvgIpc) is 2.46. The Hall–Kier alpha value is -1.87. The lowest BCUT2D eigenvalue weighted by molar-refractivity contribution is 0.281. The summed E-state index contributed by atoms with van der Waals surface area (Å²) >= 11 is 0. The van der Waals surface area contributed by atoms with E-state index in [2.05, 4.69) is 18.8 Å². The molecule has 3 nitrogen and oxygen atoms in total. The van der Waals surface area contributed by atoms with Crippen LogP contribution in [0.2, 0.25) is 0 Å². The molecule has 0 aliphatic carbocycles. The average molecular weight is 256 g/mol. The van der Waals surface area contributed by atoms with Crippen LogP contribution in [0.3, 0.4) is 0 Å². The van der Waals surface area contributed by atoms with E-state index in [1.54, 1.807) is 0 Å². The molecule has 0 aliphatic rings. The van der Waals surface area contributed by atoms with Gasteiger partial charge in [-0.3, -0.25) is 0 Å². The minimum atomic E-state index is 0.0396. The maximum absolute atomic E-state index is 9.37. The summed E-state index contributed by atoms with van der Waals surface area (Å²) in [4.78, 5) is 6.70. The van der Waals surface area contributed by atoms with Gasteiger partial charge in [-0.2, -0.15) is 0 Å². The van der Waals surface area contributed by atoms with Gasteiger partial charge < -0.3 is 10.0 Å². The molecule has 2 rings (SSSR count). The van der Waals surface area contributed by atoms with Crippen molar-refractivity contribution in [3.8, 4) is 0 Å². The van der Waals surface area contributed by atoms with Gasteiger partial charge in [0.1, 0.15) is 5.82 Å². The first-order chi connectivity index (χ1) is 9.11. The van der Waals surface area contributed by atoms with E-state index < -0.39 is 0 Å². The second-order valence-electron chi connectivity index (χ2n) is 4.97.